The maximum atomic E-state index is 11.8. The Morgan fingerprint density at radius 1 is 1.15 bits per heavy atom. The Labute approximate surface area is 182 Å². The molecule has 0 aliphatic rings. The van der Waals surface area contributed by atoms with E-state index in [1.165, 1.54) is 4.90 Å². The van der Waals surface area contributed by atoms with Crippen LogP contribution in [0.1, 0.15) is 11.3 Å². The van der Waals surface area contributed by atoms with Crippen molar-refractivity contribution in [3.8, 4) is 0 Å². The van der Waals surface area contributed by atoms with Crippen LogP contribution in [-0.4, -0.2) is 50.5 Å². The molecule has 27 heavy (non-hydrogen) atoms. The van der Waals surface area contributed by atoms with Crippen molar-refractivity contribution in [2.45, 2.75) is 12.8 Å². The summed E-state index contributed by atoms with van der Waals surface area (Å²) in [5.74, 6) is 1.46. The number of furan rings is 1. The molecule has 2 rings (SSSR count). The van der Waals surface area contributed by atoms with Gasteiger partial charge in [0.25, 0.3) is 0 Å². The zero-order valence-electron chi connectivity index (χ0n) is 15.6. The Hall–Kier alpha value is -1.74. The molecule has 1 aromatic carbocycles. The van der Waals surface area contributed by atoms with E-state index in [1.807, 2.05) is 36.4 Å². The second-order valence-electron chi connectivity index (χ2n) is 6.02. The summed E-state index contributed by atoms with van der Waals surface area (Å²) in [7, 11) is 3.43. The minimum Gasteiger partial charge on any atom is -0.469 e. The first kappa shape index (κ1) is 23.3. The summed E-state index contributed by atoms with van der Waals surface area (Å²) >= 11 is 6.01. The lowest BCUT2D eigenvalue weighted by Crippen LogP contribution is -2.40. The summed E-state index contributed by atoms with van der Waals surface area (Å²) in [4.78, 5) is 17.7. The third kappa shape index (κ3) is 9.14. The predicted molar refractivity (Wildman–Crippen MR) is 120 cm³/mol. The number of rotatable bonds is 8. The summed E-state index contributed by atoms with van der Waals surface area (Å²) < 4.78 is 5.32. The van der Waals surface area contributed by atoms with Gasteiger partial charge in [0.05, 0.1) is 6.26 Å². The molecule has 6 nitrogen and oxygen atoms in total. The molecule has 0 unspecified atom stereocenters. The number of aliphatic imine (C=N–C) groups is 1. The van der Waals surface area contributed by atoms with Crippen LogP contribution in [0.25, 0.3) is 0 Å². The maximum absolute atomic E-state index is 11.8. The van der Waals surface area contributed by atoms with Gasteiger partial charge in [-0.2, -0.15) is 0 Å². The van der Waals surface area contributed by atoms with Gasteiger partial charge in [-0.25, -0.2) is 4.99 Å². The van der Waals surface area contributed by atoms with Gasteiger partial charge >= 0.3 is 0 Å². The van der Waals surface area contributed by atoms with Gasteiger partial charge < -0.3 is 20.0 Å². The minimum atomic E-state index is -0.0491. The van der Waals surface area contributed by atoms with E-state index in [2.05, 4.69) is 15.6 Å². The van der Waals surface area contributed by atoms with Gasteiger partial charge in [-0.05, 0) is 36.2 Å². The number of amides is 1. The lowest BCUT2D eigenvalue weighted by Gasteiger charge is -2.13. The van der Waals surface area contributed by atoms with E-state index in [0.717, 1.165) is 29.2 Å². The van der Waals surface area contributed by atoms with E-state index in [1.54, 1.807) is 20.4 Å². The molecule has 8 heteroatoms. The van der Waals surface area contributed by atoms with Crippen LogP contribution < -0.4 is 10.6 Å². The smallest absolute Gasteiger partial charge is 0.243 e. The summed E-state index contributed by atoms with van der Waals surface area (Å²) in [5, 5.41) is 7.22. The van der Waals surface area contributed by atoms with Crippen LogP contribution in [0.15, 0.2) is 52.1 Å². The minimum absolute atomic E-state index is 0. The van der Waals surface area contributed by atoms with Crippen LogP contribution in [0, 0.1) is 0 Å². The molecule has 0 aliphatic carbocycles. The molecule has 1 aromatic heterocycles. The summed E-state index contributed by atoms with van der Waals surface area (Å²) in [6.07, 6.45) is 3.20. The molecule has 0 saturated carbocycles. The number of hydrogen-bond acceptors (Lipinski definition) is 3. The number of nitrogens with zero attached hydrogens (tertiary/aromatic N) is 2. The summed E-state index contributed by atoms with van der Waals surface area (Å²) in [6.45, 7) is 1.44. The molecule has 0 aliphatic heterocycles. The Bertz CT molecular complexity index is 720. The summed E-state index contributed by atoms with van der Waals surface area (Å²) in [6, 6.07) is 11.6. The number of nitrogens with one attached hydrogen (secondary N) is 2. The van der Waals surface area contributed by atoms with Crippen molar-refractivity contribution in [3.63, 3.8) is 0 Å². The average molecular weight is 505 g/mol. The highest BCUT2D eigenvalue weighted by Crippen LogP contribution is 2.10. The molecule has 0 bridgehead atoms. The molecule has 0 saturated heterocycles. The Morgan fingerprint density at radius 2 is 1.89 bits per heavy atom. The van der Waals surface area contributed by atoms with E-state index in [9.17, 15) is 4.79 Å². The highest BCUT2D eigenvalue weighted by Gasteiger charge is 2.05. The second-order valence-corrected chi connectivity index (χ2v) is 6.45. The van der Waals surface area contributed by atoms with Crippen LogP contribution in [0.2, 0.25) is 5.02 Å². The third-order valence-corrected chi connectivity index (χ3v) is 3.95. The highest BCUT2D eigenvalue weighted by atomic mass is 127. The van der Waals surface area contributed by atoms with Crippen molar-refractivity contribution in [2.24, 2.45) is 4.99 Å². The van der Waals surface area contributed by atoms with Crippen LogP contribution in [-0.2, 0) is 17.6 Å². The maximum Gasteiger partial charge on any atom is 0.243 e. The monoisotopic (exact) mass is 504 g/mol. The topological polar surface area (TPSA) is 69.9 Å². The van der Waals surface area contributed by atoms with Crippen LogP contribution >= 0.6 is 35.6 Å². The number of likely N-dealkylation sites (N-methyl/N-ethyl adjacent to an activating group) is 1. The molecule has 2 N–H and O–H groups in total. The van der Waals surface area contributed by atoms with Gasteiger partial charge in [-0.15, -0.1) is 24.0 Å². The van der Waals surface area contributed by atoms with Crippen molar-refractivity contribution in [3.05, 3.63) is 59.0 Å². The zero-order chi connectivity index (χ0) is 18.8. The van der Waals surface area contributed by atoms with Gasteiger partial charge in [-0.1, -0.05) is 23.7 Å². The van der Waals surface area contributed by atoms with Crippen molar-refractivity contribution in [1.82, 2.24) is 15.5 Å². The van der Waals surface area contributed by atoms with Crippen molar-refractivity contribution in [2.75, 3.05) is 33.7 Å². The molecule has 0 radical (unpaired) electrons. The first-order chi connectivity index (χ1) is 12.5. The fourth-order valence-electron chi connectivity index (χ4n) is 2.24. The fourth-order valence-corrected chi connectivity index (χ4v) is 2.45. The molecule has 0 atom stereocenters. The van der Waals surface area contributed by atoms with Crippen LogP contribution in [0.4, 0.5) is 0 Å². The van der Waals surface area contributed by atoms with Gasteiger partial charge in [0.1, 0.15) is 12.3 Å². The van der Waals surface area contributed by atoms with Crippen molar-refractivity contribution >= 4 is 47.4 Å². The van der Waals surface area contributed by atoms with Gasteiger partial charge in [0.2, 0.25) is 5.91 Å². The van der Waals surface area contributed by atoms with Crippen molar-refractivity contribution < 1.29 is 9.21 Å². The number of carbonyl (C=O) groups is 1. The normalized spacial score (nSPS) is 10.9. The lowest BCUT2D eigenvalue weighted by atomic mass is 10.1. The van der Waals surface area contributed by atoms with Crippen LogP contribution in [0.3, 0.4) is 0 Å². The highest BCUT2D eigenvalue weighted by molar-refractivity contribution is 14.0. The average Bonchev–Trinajstić information content (AvgIpc) is 3.12. The predicted octanol–water partition coefficient (Wildman–Crippen LogP) is 2.96. The SMILES string of the molecule is CN(C)C(=O)CN=C(NCCc1cccc(Cl)c1)NCCc1ccco1.I. The number of benzene rings is 1. The second kappa shape index (κ2) is 12.6. The van der Waals surface area contributed by atoms with Crippen LogP contribution in [0.5, 0.6) is 0 Å². The van der Waals surface area contributed by atoms with E-state index < -0.39 is 0 Å². The number of guanidine groups is 1. The van der Waals surface area contributed by atoms with Gasteiger partial charge in [0.15, 0.2) is 5.96 Å². The quantitative estimate of drug-likeness (QED) is 0.329. The molecule has 2 aromatic rings. The standard InChI is InChI=1S/C19H25ClN4O2.HI/c1-24(2)18(25)14-23-19(22-11-9-17-7-4-12-26-17)21-10-8-15-5-3-6-16(20)13-15;/h3-7,12-13H,8-11,14H2,1-2H3,(H2,21,22,23);1H. The van der Waals surface area contributed by atoms with E-state index >= 15 is 0 Å². The Morgan fingerprint density at radius 3 is 2.52 bits per heavy atom. The number of hydrogen-bond donors (Lipinski definition) is 2. The summed E-state index contributed by atoms with van der Waals surface area (Å²) in [5.41, 5.74) is 1.14. The Balaban J connectivity index is 0.00000364. The lowest BCUT2D eigenvalue weighted by molar-refractivity contribution is -0.127. The van der Waals surface area contributed by atoms with Gasteiger partial charge in [0, 0.05) is 38.6 Å². The molecular weight excluding hydrogens is 479 g/mol. The largest absolute Gasteiger partial charge is 0.469 e. The number of halogens is 2. The molecule has 148 valence electrons. The van der Waals surface area contributed by atoms with E-state index in [-0.39, 0.29) is 36.4 Å². The van der Waals surface area contributed by atoms with E-state index in [0.29, 0.717) is 19.0 Å². The molecule has 1 heterocycles. The molecule has 0 fully saturated rings. The number of carbonyl (C=O) groups excluding carboxylic acids is 1. The van der Waals surface area contributed by atoms with Crippen molar-refractivity contribution in [1.29, 1.82) is 0 Å². The van der Waals surface area contributed by atoms with E-state index in [4.69, 9.17) is 16.0 Å². The first-order valence-corrected chi connectivity index (χ1v) is 8.91. The zero-order valence-corrected chi connectivity index (χ0v) is 18.7. The fraction of sp³-hybridized carbons (Fsp3) is 0.368. The first-order valence-electron chi connectivity index (χ1n) is 8.54. The van der Waals surface area contributed by atoms with Gasteiger partial charge in [-0.3, -0.25) is 4.79 Å². The Kier molecular flexibility index (Phi) is 10.9. The molecule has 1 amide bonds. The third-order valence-electron chi connectivity index (χ3n) is 3.71. The molecular formula is C19H26ClIN4O2. The molecule has 0 spiro atoms.